The van der Waals surface area contributed by atoms with E-state index >= 15 is 0 Å². The minimum absolute atomic E-state index is 0.00511. The van der Waals surface area contributed by atoms with Gasteiger partial charge in [0.05, 0.1) is 26.4 Å². The summed E-state index contributed by atoms with van der Waals surface area (Å²) in [6, 6.07) is 20.1. The van der Waals surface area contributed by atoms with Gasteiger partial charge in [-0.05, 0) is 11.1 Å². The first-order chi connectivity index (χ1) is 11.3. The van der Waals surface area contributed by atoms with E-state index < -0.39 is 0 Å². The second-order valence-electron chi connectivity index (χ2n) is 6.04. The Labute approximate surface area is 137 Å². The van der Waals surface area contributed by atoms with Crippen LogP contribution in [-0.2, 0) is 27.5 Å². The van der Waals surface area contributed by atoms with E-state index in [-0.39, 0.29) is 5.92 Å². The lowest BCUT2D eigenvalue weighted by Gasteiger charge is -2.34. The zero-order valence-corrected chi connectivity index (χ0v) is 13.2. The number of hydrogen-bond acceptors (Lipinski definition) is 3. The van der Waals surface area contributed by atoms with Gasteiger partial charge in [-0.2, -0.15) is 0 Å². The highest BCUT2D eigenvalue weighted by molar-refractivity contribution is 5.87. The SMILES string of the molecule is O=C1C[C@H](COCc2ccccc2)[C@H]1COCc1ccccc1. The predicted octanol–water partition coefficient (Wildman–Crippen LogP) is 3.63. The number of ether oxygens (including phenoxy) is 2. The van der Waals surface area contributed by atoms with Gasteiger partial charge in [0.1, 0.15) is 5.78 Å². The van der Waals surface area contributed by atoms with Gasteiger partial charge >= 0.3 is 0 Å². The van der Waals surface area contributed by atoms with Crippen LogP contribution in [0.5, 0.6) is 0 Å². The highest BCUT2D eigenvalue weighted by Crippen LogP contribution is 2.31. The van der Waals surface area contributed by atoms with Crippen LogP contribution in [0.1, 0.15) is 17.5 Å². The summed E-state index contributed by atoms with van der Waals surface area (Å²) in [7, 11) is 0. The van der Waals surface area contributed by atoms with Crippen molar-refractivity contribution in [1.29, 1.82) is 0 Å². The van der Waals surface area contributed by atoms with Gasteiger partial charge in [0.25, 0.3) is 0 Å². The van der Waals surface area contributed by atoms with Crippen molar-refractivity contribution in [3.8, 4) is 0 Å². The largest absolute Gasteiger partial charge is 0.376 e. The molecular formula is C20H22O3. The van der Waals surface area contributed by atoms with Crippen LogP contribution < -0.4 is 0 Å². The van der Waals surface area contributed by atoms with E-state index in [1.807, 2.05) is 60.7 Å². The summed E-state index contributed by atoms with van der Waals surface area (Å²) >= 11 is 0. The van der Waals surface area contributed by atoms with Crippen molar-refractivity contribution in [2.24, 2.45) is 11.8 Å². The Morgan fingerprint density at radius 3 is 1.83 bits per heavy atom. The summed E-state index contributed by atoms with van der Waals surface area (Å²) in [4.78, 5) is 11.8. The molecule has 0 saturated heterocycles. The van der Waals surface area contributed by atoms with Crippen molar-refractivity contribution in [3.63, 3.8) is 0 Å². The van der Waals surface area contributed by atoms with Crippen LogP contribution in [0.4, 0.5) is 0 Å². The quantitative estimate of drug-likeness (QED) is 0.747. The van der Waals surface area contributed by atoms with Crippen LogP contribution in [0.2, 0.25) is 0 Å². The van der Waals surface area contributed by atoms with Gasteiger partial charge in [0, 0.05) is 18.3 Å². The van der Waals surface area contributed by atoms with Crippen LogP contribution in [-0.4, -0.2) is 19.0 Å². The van der Waals surface area contributed by atoms with Gasteiger partial charge < -0.3 is 9.47 Å². The molecule has 0 unspecified atom stereocenters. The van der Waals surface area contributed by atoms with E-state index in [1.165, 1.54) is 0 Å². The van der Waals surface area contributed by atoms with E-state index in [0.29, 0.717) is 44.5 Å². The molecule has 3 nitrogen and oxygen atoms in total. The van der Waals surface area contributed by atoms with Crippen LogP contribution in [0.25, 0.3) is 0 Å². The second kappa shape index (κ2) is 8.04. The Kier molecular flexibility index (Phi) is 5.56. The number of carbonyl (C=O) groups is 1. The molecule has 0 spiro atoms. The summed E-state index contributed by atoms with van der Waals surface area (Å²) in [6.45, 7) is 2.28. The smallest absolute Gasteiger partial charge is 0.139 e. The summed E-state index contributed by atoms with van der Waals surface area (Å²) < 4.78 is 11.5. The van der Waals surface area contributed by atoms with Crippen LogP contribution in [0.3, 0.4) is 0 Å². The maximum Gasteiger partial charge on any atom is 0.139 e. The van der Waals surface area contributed by atoms with Crippen molar-refractivity contribution in [2.75, 3.05) is 13.2 Å². The number of carbonyl (C=O) groups excluding carboxylic acids is 1. The Morgan fingerprint density at radius 2 is 1.30 bits per heavy atom. The first-order valence-corrected chi connectivity index (χ1v) is 8.09. The standard InChI is InChI=1S/C20H22O3/c21-20-11-18(14-22-12-16-7-3-1-4-8-16)19(20)15-23-13-17-9-5-2-6-10-17/h1-10,18-19H,11-15H2/t18-,19-/m1/s1. The Balaban J connectivity index is 1.38. The van der Waals surface area contributed by atoms with Gasteiger partial charge in [-0.25, -0.2) is 0 Å². The summed E-state index contributed by atoms with van der Waals surface area (Å²) in [5, 5.41) is 0. The first-order valence-electron chi connectivity index (χ1n) is 8.09. The molecule has 2 aromatic carbocycles. The lowest BCUT2D eigenvalue weighted by atomic mass is 9.73. The van der Waals surface area contributed by atoms with Gasteiger partial charge in [-0.15, -0.1) is 0 Å². The Morgan fingerprint density at radius 1 is 0.783 bits per heavy atom. The maximum atomic E-state index is 11.8. The first kappa shape index (κ1) is 15.9. The van der Waals surface area contributed by atoms with Crippen molar-refractivity contribution in [2.45, 2.75) is 19.6 Å². The lowest BCUT2D eigenvalue weighted by Crippen LogP contribution is -2.42. The average Bonchev–Trinajstić information content (AvgIpc) is 2.60. The molecule has 0 aliphatic heterocycles. The molecule has 1 aliphatic carbocycles. The van der Waals surface area contributed by atoms with E-state index in [9.17, 15) is 4.79 Å². The fraction of sp³-hybridized carbons (Fsp3) is 0.350. The van der Waals surface area contributed by atoms with Crippen molar-refractivity contribution in [3.05, 3.63) is 71.8 Å². The van der Waals surface area contributed by atoms with Gasteiger partial charge in [-0.1, -0.05) is 60.7 Å². The number of Topliss-reactive ketones (excluding diaryl/α,β-unsaturated/α-hetero) is 1. The minimum Gasteiger partial charge on any atom is -0.376 e. The number of rotatable bonds is 8. The van der Waals surface area contributed by atoms with Crippen LogP contribution in [0.15, 0.2) is 60.7 Å². The third kappa shape index (κ3) is 4.50. The van der Waals surface area contributed by atoms with E-state index in [1.54, 1.807) is 0 Å². The number of benzene rings is 2. The third-order valence-electron chi connectivity index (χ3n) is 4.30. The molecule has 0 radical (unpaired) electrons. The zero-order chi connectivity index (χ0) is 15.9. The normalized spacial score (nSPS) is 20.3. The molecule has 0 amide bonds. The van der Waals surface area contributed by atoms with Crippen LogP contribution in [0, 0.1) is 11.8 Å². The topological polar surface area (TPSA) is 35.5 Å². The van der Waals surface area contributed by atoms with E-state index in [4.69, 9.17) is 9.47 Å². The average molecular weight is 310 g/mol. The summed E-state index contributed by atoms with van der Waals surface area (Å²) in [5.41, 5.74) is 2.30. The molecule has 0 N–H and O–H groups in total. The minimum atomic E-state index is -0.00511. The third-order valence-corrected chi connectivity index (χ3v) is 4.30. The summed E-state index contributed by atoms with van der Waals surface area (Å²) in [5.74, 6) is 0.586. The Hall–Kier alpha value is -1.97. The highest BCUT2D eigenvalue weighted by atomic mass is 16.5. The molecule has 120 valence electrons. The van der Waals surface area contributed by atoms with E-state index in [0.717, 1.165) is 11.1 Å². The molecule has 0 bridgehead atoms. The lowest BCUT2D eigenvalue weighted by molar-refractivity contribution is -0.141. The second-order valence-corrected chi connectivity index (χ2v) is 6.04. The number of hydrogen-bond donors (Lipinski definition) is 0. The molecule has 3 rings (SSSR count). The van der Waals surface area contributed by atoms with Gasteiger partial charge in [-0.3, -0.25) is 4.79 Å². The van der Waals surface area contributed by atoms with Gasteiger partial charge in [0.15, 0.2) is 0 Å². The monoisotopic (exact) mass is 310 g/mol. The summed E-state index contributed by atoms with van der Waals surface area (Å²) in [6.07, 6.45) is 0.619. The van der Waals surface area contributed by atoms with Crippen molar-refractivity contribution >= 4 is 5.78 Å². The molecular weight excluding hydrogens is 288 g/mol. The van der Waals surface area contributed by atoms with E-state index in [2.05, 4.69) is 0 Å². The molecule has 23 heavy (non-hydrogen) atoms. The molecule has 1 aliphatic rings. The fourth-order valence-corrected chi connectivity index (χ4v) is 2.84. The molecule has 0 heterocycles. The molecule has 1 saturated carbocycles. The predicted molar refractivity (Wildman–Crippen MR) is 88.8 cm³/mol. The molecule has 2 atom stereocenters. The highest BCUT2D eigenvalue weighted by Gasteiger charge is 2.39. The zero-order valence-electron chi connectivity index (χ0n) is 13.2. The molecule has 0 aromatic heterocycles. The molecule has 1 fully saturated rings. The van der Waals surface area contributed by atoms with Crippen molar-refractivity contribution < 1.29 is 14.3 Å². The molecule has 3 heteroatoms. The van der Waals surface area contributed by atoms with Crippen molar-refractivity contribution in [1.82, 2.24) is 0 Å². The Bertz CT molecular complexity index is 609. The fourth-order valence-electron chi connectivity index (χ4n) is 2.84. The van der Waals surface area contributed by atoms with Crippen LogP contribution >= 0.6 is 0 Å². The molecule has 2 aromatic rings. The van der Waals surface area contributed by atoms with Gasteiger partial charge in [0.2, 0.25) is 0 Å². The number of ketones is 1. The maximum absolute atomic E-state index is 11.8.